The number of rotatable bonds is 21. The van der Waals surface area contributed by atoms with Crippen LogP contribution in [0.4, 0.5) is 0 Å². The van der Waals surface area contributed by atoms with Gasteiger partial charge in [0.15, 0.2) is 41.8 Å². The number of aliphatic hydroxyl groups is 5. The molecule has 0 radical (unpaired) electrons. The monoisotopic (exact) mass is 1190 g/mol. The standard InChI is InChI=1S/C57H80N2O19S3/c1-14-58-35-26-71-40(24-39(35)67-10)76-51-46(63)44(31(7)73-56(51)75-38-19-17-15-16-18-21-57(66)25-37(61)30(6)42(38)34(57)20-22-79-81-27(2)3)59-78-41-23-36(60)53(33(9)72-41)80-54(65)43-28(4)29(5)48(52(70-13)49(43)68-11)77-55-47(64)50(69-12)45(62)32(8)74-55/h15-16,20,27,31-33,35-36,38-41,44-47,50-51,53,55-56,58-60,62-64,66H,14,22-26H2,1-13H3/b16-15-,34-20+/t31-,32+,33-,35+,36+,38+,39+,40+,41+,44-,45+,46+,47-,50-,51-,53-,55+,56+,57+/m1/s1. The SMILES string of the molecule is CCN[C@H]1CO[C@@H](O[C@H]2[C@H](O[C@H]3C#C/C=C\C#C[C@]4(O)CC(=O)C(C)=C3/C4=C\CSSC(C)C)O[C@H](C)[C@@H](NO[C@H]3C[C@H](O)[C@H](SC(=O)c4c(C)c(C)c(O[C@@H]5O[C@@H](C)[C@H](O)[C@@H](OC)[C@H]5O)c(OC)c4OC)[C@@H](C)O3)[C@@H]2O)C[C@@H]1OC. The van der Waals surface area contributed by atoms with Crippen LogP contribution in [-0.4, -0.2) is 204 Å². The van der Waals surface area contributed by atoms with Crippen LogP contribution in [-0.2, 0) is 47.5 Å². The maximum Gasteiger partial charge on any atom is 0.229 e. The minimum Gasteiger partial charge on any atom is -0.492 e. The molecule has 2 aliphatic carbocycles. The van der Waals surface area contributed by atoms with Crippen LogP contribution >= 0.6 is 33.3 Å². The summed E-state index contributed by atoms with van der Waals surface area (Å²) >= 11 is 0.856. The van der Waals surface area contributed by atoms with E-state index in [9.17, 15) is 35.1 Å². The topological polar surface area (TPSA) is 270 Å². The lowest BCUT2D eigenvalue weighted by Gasteiger charge is -2.46. The van der Waals surface area contributed by atoms with Crippen molar-refractivity contribution in [3.05, 3.63) is 51.6 Å². The highest BCUT2D eigenvalue weighted by atomic mass is 33.1. The van der Waals surface area contributed by atoms with E-state index >= 15 is 0 Å². The van der Waals surface area contributed by atoms with Gasteiger partial charge < -0.3 is 83.0 Å². The van der Waals surface area contributed by atoms with Gasteiger partial charge in [-0.05, 0) is 76.9 Å². The zero-order chi connectivity index (χ0) is 59.0. The van der Waals surface area contributed by atoms with Crippen LogP contribution in [0.2, 0.25) is 0 Å². The van der Waals surface area contributed by atoms with E-state index in [0.29, 0.717) is 45.4 Å². The molecule has 81 heavy (non-hydrogen) atoms. The van der Waals surface area contributed by atoms with Crippen molar-refractivity contribution >= 4 is 44.2 Å². The van der Waals surface area contributed by atoms with E-state index in [1.807, 2.05) is 13.0 Å². The molecule has 4 heterocycles. The summed E-state index contributed by atoms with van der Waals surface area (Å²) in [6.07, 6.45) is -11.1. The van der Waals surface area contributed by atoms with Gasteiger partial charge >= 0.3 is 0 Å². The number of ketones is 1. The number of hydrogen-bond acceptors (Lipinski definition) is 24. The Kier molecular flexibility index (Phi) is 23.5. The van der Waals surface area contributed by atoms with Crippen LogP contribution in [0.5, 0.6) is 17.2 Å². The number of aliphatic hydroxyl groups excluding tert-OH is 4. The largest absolute Gasteiger partial charge is 0.492 e. The molecule has 4 aliphatic heterocycles. The van der Waals surface area contributed by atoms with Gasteiger partial charge in [-0.3, -0.25) is 14.4 Å². The van der Waals surface area contributed by atoms with Crippen molar-refractivity contribution in [2.45, 2.75) is 202 Å². The number of carbonyl (C=O) groups is 2. The molecule has 1 aromatic carbocycles. The Hall–Kier alpha value is -3.29. The van der Waals surface area contributed by atoms with Gasteiger partial charge in [0.05, 0.1) is 80.7 Å². The Morgan fingerprint density at radius 3 is 2.23 bits per heavy atom. The van der Waals surface area contributed by atoms with Gasteiger partial charge in [-0.2, -0.15) is 5.48 Å². The summed E-state index contributed by atoms with van der Waals surface area (Å²) in [5.41, 5.74) is 3.27. The molecule has 7 N–H and O–H groups in total. The normalized spacial score (nSPS) is 37.0. The highest BCUT2D eigenvalue weighted by Gasteiger charge is 2.51. The second kappa shape index (κ2) is 29.2. The third-order valence-corrected chi connectivity index (χ3v) is 19.3. The van der Waals surface area contributed by atoms with Crippen LogP contribution in [0.1, 0.15) is 89.2 Å². The van der Waals surface area contributed by atoms with Crippen molar-refractivity contribution < 1.29 is 92.1 Å². The Bertz CT molecular complexity index is 2590. The first-order chi connectivity index (χ1) is 38.6. The smallest absolute Gasteiger partial charge is 0.229 e. The molecule has 0 aromatic heterocycles. The molecule has 7 rings (SSSR count). The van der Waals surface area contributed by atoms with Crippen LogP contribution in [0.15, 0.2) is 34.9 Å². The molecule has 24 heteroatoms. The molecular weight excluding hydrogens is 1110 g/mol. The maximum atomic E-state index is 14.4. The third-order valence-electron chi connectivity index (χ3n) is 15.1. The molecule has 21 nitrogen and oxygen atoms in total. The second-order valence-corrected chi connectivity index (χ2v) is 25.1. The van der Waals surface area contributed by atoms with Crippen molar-refractivity contribution in [2.24, 2.45) is 0 Å². The average Bonchev–Trinajstić information content (AvgIpc) is 3.46. The van der Waals surface area contributed by atoms with E-state index in [1.54, 1.807) is 70.2 Å². The fourth-order valence-electron chi connectivity index (χ4n) is 10.7. The Labute approximate surface area is 486 Å². The Balaban J connectivity index is 1.09. The Morgan fingerprint density at radius 1 is 0.852 bits per heavy atom. The summed E-state index contributed by atoms with van der Waals surface area (Å²) in [7, 11) is 9.00. The number of hydrogen-bond donors (Lipinski definition) is 7. The number of Topliss-reactive ketones (excluding diaryl/α,β-unsaturated/α-hetero) is 1. The Morgan fingerprint density at radius 2 is 1.57 bits per heavy atom. The van der Waals surface area contributed by atoms with Gasteiger partial charge in [0.1, 0.15) is 36.6 Å². The van der Waals surface area contributed by atoms with Crippen LogP contribution in [0.25, 0.3) is 0 Å². The molecule has 0 amide bonds. The molecule has 0 spiro atoms. The zero-order valence-corrected chi connectivity index (χ0v) is 50.6. The summed E-state index contributed by atoms with van der Waals surface area (Å²) in [6, 6.07) is -1.14. The highest BCUT2D eigenvalue weighted by molar-refractivity contribution is 8.77. The number of likely N-dealkylation sites (N-methyl/N-ethyl adjacent to an activating group) is 1. The third kappa shape index (κ3) is 14.9. The second-order valence-electron chi connectivity index (χ2n) is 20.9. The lowest BCUT2D eigenvalue weighted by atomic mass is 9.74. The number of benzene rings is 1. The number of ether oxygens (including phenoxy) is 11. The van der Waals surface area contributed by atoms with E-state index in [1.165, 1.54) is 33.5 Å². The fraction of sp³-hybridized carbons (Fsp3) is 0.684. The van der Waals surface area contributed by atoms with Crippen molar-refractivity contribution in [3.8, 4) is 40.9 Å². The van der Waals surface area contributed by atoms with Crippen LogP contribution in [0.3, 0.4) is 0 Å². The summed E-state index contributed by atoms with van der Waals surface area (Å²) in [4.78, 5) is 34.3. The number of thioether (sulfide) groups is 1. The van der Waals surface area contributed by atoms with Crippen molar-refractivity contribution in [1.82, 2.24) is 10.8 Å². The number of allylic oxidation sites excluding steroid dienone is 3. The van der Waals surface area contributed by atoms with E-state index in [2.05, 4.69) is 48.3 Å². The lowest BCUT2D eigenvalue weighted by Crippen LogP contribution is -2.65. The number of hydroxylamine groups is 1. The first-order valence-corrected chi connectivity index (χ1v) is 30.5. The van der Waals surface area contributed by atoms with Gasteiger partial charge in [-0.25, -0.2) is 0 Å². The predicted molar refractivity (Wildman–Crippen MR) is 303 cm³/mol. The summed E-state index contributed by atoms with van der Waals surface area (Å²) in [5, 5.41) is 60.4. The van der Waals surface area contributed by atoms with E-state index in [4.69, 9.17) is 56.9 Å². The molecule has 4 fully saturated rings. The molecule has 450 valence electrons. The minimum absolute atomic E-state index is 0.0501. The predicted octanol–water partition coefficient (Wildman–Crippen LogP) is 3.74. The van der Waals surface area contributed by atoms with Gasteiger partial charge in [-0.15, -0.1) is 0 Å². The fourth-order valence-corrected chi connectivity index (χ4v) is 13.6. The van der Waals surface area contributed by atoms with Gasteiger partial charge in [0.2, 0.25) is 17.2 Å². The number of nitrogens with one attached hydrogen (secondary N) is 2. The first-order valence-electron chi connectivity index (χ1n) is 27.2. The molecule has 4 saturated heterocycles. The van der Waals surface area contributed by atoms with E-state index < -0.39 is 108 Å². The molecular formula is C57H80N2O19S3. The van der Waals surface area contributed by atoms with E-state index in [0.717, 1.165) is 11.8 Å². The molecule has 1 aromatic rings. The van der Waals surface area contributed by atoms with Gasteiger partial charge in [-0.1, -0.05) is 83.9 Å². The average molecular weight is 1190 g/mol. The molecule has 2 bridgehead atoms. The van der Waals surface area contributed by atoms with Crippen molar-refractivity contribution in [1.29, 1.82) is 0 Å². The quantitative estimate of drug-likeness (QED) is 0.0400. The summed E-state index contributed by atoms with van der Waals surface area (Å²) < 4.78 is 67.3. The molecule has 0 saturated carbocycles. The maximum absolute atomic E-state index is 14.4. The zero-order valence-electron chi connectivity index (χ0n) is 48.1. The van der Waals surface area contributed by atoms with Crippen molar-refractivity contribution in [2.75, 3.05) is 47.3 Å². The highest BCUT2D eigenvalue weighted by Crippen LogP contribution is 2.48. The number of methoxy groups -OCH3 is 4. The van der Waals surface area contributed by atoms with Gasteiger partial charge in [0.25, 0.3) is 0 Å². The van der Waals surface area contributed by atoms with E-state index in [-0.39, 0.29) is 66.6 Å². The van der Waals surface area contributed by atoms with Crippen molar-refractivity contribution in [3.63, 3.8) is 0 Å². The number of fused-ring (bicyclic) bond motifs is 2. The van der Waals surface area contributed by atoms with Gasteiger partial charge in [0, 0.05) is 49.2 Å². The lowest BCUT2D eigenvalue weighted by molar-refractivity contribution is -0.336. The minimum atomic E-state index is -1.85. The van der Waals surface area contributed by atoms with Crippen LogP contribution < -0.4 is 25.0 Å². The first kappa shape index (κ1) is 65.3. The molecule has 19 atom stereocenters. The summed E-state index contributed by atoms with van der Waals surface area (Å²) in [6.45, 7) is 17.2. The van der Waals surface area contributed by atoms with Crippen LogP contribution in [0, 0.1) is 37.5 Å². The number of carbonyl (C=O) groups excluding carboxylic acids is 2. The summed E-state index contributed by atoms with van der Waals surface area (Å²) in [5.74, 6) is 12.3. The molecule has 6 aliphatic rings. The molecule has 0 unspecified atom stereocenters.